The van der Waals surface area contributed by atoms with Crippen LogP contribution in [-0.4, -0.2) is 22.6 Å². The van der Waals surface area contributed by atoms with Gasteiger partial charge in [0.2, 0.25) is 5.91 Å². The fourth-order valence-corrected chi connectivity index (χ4v) is 7.91. The first-order chi connectivity index (χ1) is 17.8. The number of rotatable bonds is 6. The first kappa shape index (κ1) is 25.1. The molecule has 184 valence electrons. The van der Waals surface area contributed by atoms with E-state index in [-0.39, 0.29) is 23.2 Å². The summed E-state index contributed by atoms with van der Waals surface area (Å²) in [5.74, 6) is -1.62. The van der Waals surface area contributed by atoms with E-state index in [1.165, 1.54) is 0 Å². The van der Waals surface area contributed by atoms with Gasteiger partial charge < -0.3 is 0 Å². The minimum Gasteiger partial charge on any atom is -0.274 e. The van der Waals surface area contributed by atoms with E-state index in [9.17, 15) is 14.4 Å². The SMILES string of the molecule is Cc1cccc(P(c2cccc(C)c2)[C@H](CC(=O)N2C(=O)c3ccccc3C2=O)c2ccc(Cl)cc2)c1. The Morgan fingerprint density at radius 3 is 1.76 bits per heavy atom. The predicted molar refractivity (Wildman–Crippen MR) is 149 cm³/mol. The number of carbonyl (C=O) groups is 3. The summed E-state index contributed by atoms with van der Waals surface area (Å²) in [5.41, 5.74) is 3.43. The van der Waals surface area contributed by atoms with Gasteiger partial charge in [-0.2, -0.15) is 0 Å². The molecule has 4 nitrogen and oxygen atoms in total. The van der Waals surface area contributed by atoms with Gasteiger partial charge in [0, 0.05) is 17.1 Å². The standard InChI is InChI=1S/C31H25ClNO3P/c1-20-7-5-9-24(17-20)37(25-10-6-8-21(2)18-25)28(22-13-15-23(32)16-14-22)19-29(34)33-30(35)26-11-3-4-12-27(26)31(33)36/h3-18,28H,19H2,1-2H3/t28-/m1/s1. The quantitative estimate of drug-likeness (QED) is 0.218. The lowest BCUT2D eigenvalue weighted by molar-refractivity contribution is -0.126. The number of halogens is 1. The van der Waals surface area contributed by atoms with Crippen molar-refractivity contribution < 1.29 is 14.4 Å². The summed E-state index contributed by atoms with van der Waals surface area (Å²) >= 11 is 6.21. The van der Waals surface area contributed by atoms with Gasteiger partial charge in [0.25, 0.3) is 11.8 Å². The fourth-order valence-electron chi connectivity index (χ4n) is 4.78. The number of fused-ring (bicyclic) bond motifs is 1. The first-order valence-electron chi connectivity index (χ1n) is 12.0. The summed E-state index contributed by atoms with van der Waals surface area (Å²) < 4.78 is 0. The van der Waals surface area contributed by atoms with Crippen molar-refractivity contribution in [1.82, 2.24) is 4.90 Å². The normalized spacial score (nSPS) is 13.7. The highest BCUT2D eigenvalue weighted by Crippen LogP contribution is 2.52. The largest absolute Gasteiger partial charge is 0.274 e. The molecule has 5 rings (SSSR count). The summed E-state index contributed by atoms with van der Waals surface area (Å²) in [4.78, 5) is 40.7. The molecule has 6 heteroatoms. The molecule has 3 amide bonds. The van der Waals surface area contributed by atoms with Gasteiger partial charge in [-0.1, -0.05) is 95.5 Å². The summed E-state index contributed by atoms with van der Waals surface area (Å²) in [6, 6.07) is 30.7. The Bertz CT molecular complexity index is 1430. The van der Waals surface area contributed by atoms with Crippen LogP contribution in [0.3, 0.4) is 0 Å². The third-order valence-electron chi connectivity index (χ3n) is 6.54. The Morgan fingerprint density at radius 2 is 1.27 bits per heavy atom. The second-order valence-corrected chi connectivity index (χ2v) is 12.0. The van der Waals surface area contributed by atoms with Crippen molar-refractivity contribution >= 4 is 47.9 Å². The molecule has 0 N–H and O–H groups in total. The van der Waals surface area contributed by atoms with Gasteiger partial charge in [0.1, 0.15) is 0 Å². The molecule has 4 aromatic rings. The highest BCUT2D eigenvalue weighted by molar-refractivity contribution is 7.73. The molecular weight excluding hydrogens is 501 g/mol. The van der Waals surface area contributed by atoms with Crippen molar-refractivity contribution in [1.29, 1.82) is 0 Å². The molecule has 0 aromatic heterocycles. The molecule has 0 radical (unpaired) electrons. The molecule has 0 saturated heterocycles. The predicted octanol–water partition coefficient (Wildman–Crippen LogP) is 6.34. The molecule has 1 aliphatic heterocycles. The molecule has 4 aromatic carbocycles. The van der Waals surface area contributed by atoms with Crippen LogP contribution in [-0.2, 0) is 4.79 Å². The van der Waals surface area contributed by atoms with E-state index < -0.39 is 25.6 Å². The highest BCUT2D eigenvalue weighted by Gasteiger charge is 2.41. The Hall–Kier alpha value is -3.59. The second kappa shape index (κ2) is 10.4. The summed E-state index contributed by atoms with van der Waals surface area (Å²) in [6.45, 7) is 4.10. The maximum absolute atomic E-state index is 13.8. The maximum atomic E-state index is 13.8. The zero-order valence-electron chi connectivity index (χ0n) is 20.5. The lowest BCUT2D eigenvalue weighted by atomic mass is 10.1. The lowest BCUT2D eigenvalue weighted by Gasteiger charge is -2.30. The number of carbonyl (C=O) groups excluding carboxylic acids is 3. The van der Waals surface area contributed by atoms with Crippen molar-refractivity contribution in [2.45, 2.75) is 25.9 Å². The third-order valence-corrected chi connectivity index (χ3v) is 9.56. The van der Waals surface area contributed by atoms with Crippen LogP contribution in [0.25, 0.3) is 0 Å². The average Bonchev–Trinajstić information content (AvgIpc) is 3.14. The fraction of sp³-hybridized carbons (Fsp3) is 0.129. The van der Waals surface area contributed by atoms with Gasteiger partial charge in [0.15, 0.2) is 0 Å². The number of amides is 3. The Balaban J connectivity index is 1.61. The number of nitrogens with zero attached hydrogens (tertiary/aromatic N) is 1. The van der Waals surface area contributed by atoms with Gasteiger partial charge in [-0.3, -0.25) is 14.4 Å². The molecule has 1 heterocycles. The average molecular weight is 526 g/mol. The number of aryl methyl sites for hydroxylation is 2. The summed E-state index contributed by atoms with van der Waals surface area (Å²) in [6.07, 6.45) is 0.000683. The minimum absolute atomic E-state index is 0.000683. The molecule has 1 atom stereocenters. The second-order valence-electron chi connectivity index (χ2n) is 9.20. The molecule has 0 bridgehead atoms. The number of hydrogen-bond donors (Lipinski definition) is 0. The molecule has 0 aliphatic carbocycles. The number of imide groups is 3. The van der Waals surface area contributed by atoms with Gasteiger partial charge in [-0.25, -0.2) is 4.90 Å². The molecule has 1 aliphatic rings. The monoisotopic (exact) mass is 525 g/mol. The van der Waals surface area contributed by atoms with E-state index >= 15 is 0 Å². The highest BCUT2D eigenvalue weighted by atomic mass is 35.5. The Labute approximate surface area is 222 Å². The van der Waals surface area contributed by atoms with Crippen LogP contribution in [0.5, 0.6) is 0 Å². The van der Waals surface area contributed by atoms with Gasteiger partial charge in [-0.15, -0.1) is 0 Å². The van der Waals surface area contributed by atoms with Gasteiger partial charge in [0.05, 0.1) is 11.1 Å². The third kappa shape index (κ3) is 5.00. The molecule has 0 saturated carbocycles. The topological polar surface area (TPSA) is 54.5 Å². The van der Waals surface area contributed by atoms with E-state index in [0.29, 0.717) is 5.02 Å². The van der Waals surface area contributed by atoms with Crippen LogP contribution in [0.15, 0.2) is 97.1 Å². The van der Waals surface area contributed by atoms with E-state index in [1.807, 2.05) is 36.4 Å². The van der Waals surface area contributed by atoms with Gasteiger partial charge in [-0.05, 0) is 62.2 Å². The van der Waals surface area contributed by atoms with Crippen LogP contribution in [0.1, 0.15) is 49.5 Å². The van der Waals surface area contributed by atoms with Crippen molar-refractivity contribution in [2.24, 2.45) is 0 Å². The zero-order chi connectivity index (χ0) is 26.1. The van der Waals surface area contributed by atoms with Crippen molar-refractivity contribution in [2.75, 3.05) is 0 Å². The summed E-state index contributed by atoms with van der Waals surface area (Å²) in [5, 5.41) is 2.84. The van der Waals surface area contributed by atoms with Crippen LogP contribution in [0.2, 0.25) is 5.02 Å². The first-order valence-corrected chi connectivity index (χ1v) is 13.8. The summed E-state index contributed by atoms with van der Waals surface area (Å²) in [7, 11) is -1.08. The molecule has 37 heavy (non-hydrogen) atoms. The van der Waals surface area contributed by atoms with Gasteiger partial charge >= 0.3 is 0 Å². The van der Waals surface area contributed by atoms with Crippen LogP contribution < -0.4 is 10.6 Å². The van der Waals surface area contributed by atoms with Crippen LogP contribution in [0.4, 0.5) is 0 Å². The number of benzene rings is 4. The van der Waals surface area contributed by atoms with Crippen molar-refractivity contribution in [3.05, 3.63) is 130 Å². The van der Waals surface area contributed by atoms with E-state index in [0.717, 1.165) is 32.2 Å². The molecule has 0 fully saturated rings. The molecule has 0 unspecified atom stereocenters. The zero-order valence-corrected chi connectivity index (χ0v) is 22.2. The van der Waals surface area contributed by atoms with Crippen LogP contribution >= 0.6 is 19.5 Å². The molecule has 0 spiro atoms. The number of hydrogen-bond acceptors (Lipinski definition) is 3. The minimum atomic E-state index is -1.08. The van der Waals surface area contributed by atoms with Crippen molar-refractivity contribution in [3.63, 3.8) is 0 Å². The van der Waals surface area contributed by atoms with E-state index in [2.05, 4.69) is 50.2 Å². The smallest absolute Gasteiger partial charge is 0.268 e. The lowest BCUT2D eigenvalue weighted by Crippen LogP contribution is -2.37. The Morgan fingerprint density at radius 1 is 0.757 bits per heavy atom. The van der Waals surface area contributed by atoms with Crippen LogP contribution in [0, 0.1) is 13.8 Å². The van der Waals surface area contributed by atoms with E-state index in [4.69, 9.17) is 11.6 Å². The maximum Gasteiger partial charge on any atom is 0.268 e. The van der Waals surface area contributed by atoms with E-state index in [1.54, 1.807) is 24.3 Å². The van der Waals surface area contributed by atoms with Crippen molar-refractivity contribution in [3.8, 4) is 0 Å². The Kier molecular flexibility index (Phi) is 7.06. The molecular formula is C31H25ClNO3P.